The third-order valence-electron chi connectivity index (χ3n) is 6.54. The van der Waals surface area contributed by atoms with Gasteiger partial charge in [-0.25, -0.2) is 4.98 Å². The molecule has 3 aromatic rings. The van der Waals surface area contributed by atoms with Crippen molar-refractivity contribution >= 4 is 34.5 Å². The summed E-state index contributed by atoms with van der Waals surface area (Å²) in [4.78, 5) is 27.2. The number of carbonyl (C=O) groups excluding carboxylic acids is 1. The molecule has 1 fully saturated rings. The van der Waals surface area contributed by atoms with Gasteiger partial charge in [-0.15, -0.1) is 13.2 Å². The van der Waals surface area contributed by atoms with Crippen LogP contribution in [0.4, 0.5) is 24.8 Å². The monoisotopic (exact) mass is 548 g/mol. The van der Waals surface area contributed by atoms with E-state index in [1.807, 2.05) is 6.07 Å². The van der Waals surface area contributed by atoms with E-state index in [4.69, 9.17) is 14.8 Å². The van der Waals surface area contributed by atoms with Gasteiger partial charge in [-0.05, 0) is 67.0 Å². The lowest BCUT2D eigenvalue weighted by atomic mass is 9.70. The van der Waals surface area contributed by atoms with Gasteiger partial charge >= 0.3 is 12.3 Å². The number of aliphatic carboxylic acids is 1. The standard InChI is InChI=1S/C27H31F3N4O5/c1-16-10-18(13-26(2,3)12-16)34-22-9-8-20(38-15-23(35)31-14-24(36)37)11-21(22)33-25(34)32-17-4-6-19(7-5-17)39-27(28,29)30/h4-9,11,16,18H,10,12-15H2,1-3H3,(H,31,35)(H,32,33)(H,36,37)/t16-,18?/m0/s1. The van der Waals surface area contributed by atoms with E-state index in [0.29, 0.717) is 28.8 Å². The maximum absolute atomic E-state index is 12.6. The smallest absolute Gasteiger partial charge is 0.484 e. The Kier molecular flexibility index (Phi) is 7.94. The number of rotatable bonds is 9. The molecule has 1 amide bonds. The second-order valence-corrected chi connectivity index (χ2v) is 10.7. The molecule has 1 aliphatic carbocycles. The molecule has 0 aliphatic heterocycles. The fourth-order valence-corrected chi connectivity index (χ4v) is 5.36. The minimum absolute atomic E-state index is 0.110. The number of carbonyl (C=O) groups is 2. The molecule has 9 nitrogen and oxygen atoms in total. The molecule has 1 saturated carbocycles. The van der Waals surface area contributed by atoms with Crippen molar-refractivity contribution in [2.24, 2.45) is 11.3 Å². The number of fused-ring (bicyclic) bond motifs is 1. The Hall–Kier alpha value is -3.96. The van der Waals surface area contributed by atoms with E-state index in [0.717, 1.165) is 24.8 Å². The van der Waals surface area contributed by atoms with Crippen LogP contribution in [-0.4, -0.2) is 46.0 Å². The number of hydrogen-bond acceptors (Lipinski definition) is 6. The Morgan fingerprint density at radius 2 is 1.82 bits per heavy atom. The quantitative estimate of drug-likeness (QED) is 0.317. The van der Waals surface area contributed by atoms with Gasteiger partial charge in [-0.3, -0.25) is 9.59 Å². The number of halogens is 3. The number of anilines is 2. The summed E-state index contributed by atoms with van der Waals surface area (Å²) in [6, 6.07) is 10.8. The summed E-state index contributed by atoms with van der Waals surface area (Å²) in [5, 5.41) is 14.2. The normalized spacial score (nSPS) is 18.9. The molecule has 1 aromatic heterocycles. The summed E-state index contributed by atoms with van der Waals surface area (Å²) in [5.74, 6) is -0.649. The first-order valence-electron chi connectivity index (χ1n) is 12.5. The summed E-state index contributed by atoms with van der Waals surface area (Å²) >= 11 is 0. The van der Waals surface area contributed by atoms with E-state index in [9.17, 15) is 22.8 Å². The van der Waals surface area contributed by atoms with E-state index >= 15 is 0 Å². The maximum Gasteiger partial charge on any atom is 0.573 e. The number of imidazole rings is 1. The predicted octanol–water partition coefficient (Wildman–Crippen LogP) is 5.65. The number of alkyl halides is 3. The molecular formula is C27H31F3N4O5. The molecule has 0 bridgehead atoms. The second-order valence-electron chi connectivity index (χ2n) is 10.7. The summed E-state index contributed by atoms with van der Waals surface area (Å²) < 4.78 is 49.3. The Bertz CT molecular complexity index is 1340. The Balaban J connectivity index is 1.63. The van der Waals surface area contributed by atoms with Gasteiger partial charge in [-0.2, -0.15) is 0 Å². The molecule has 210 valence electrons. The Morgan fingerprint density at radius 1 is 1.13 bits per heavy atom. The highest BCUT2D eigenvalue weighted by molar-refractivity contribution is 5.83. The number of aromatic nitrogens is 2. The zero-order chi connectivity index (χ0) is 28.4. The van der Waals surface area contributed by atoms with Gasteiger partial charge in [0.15, 0.2) is 6.61 Å². The van der Waals surface area contributed by atoms with Gasteiger partial charge in [0, 0.05) is 17.8 Å². The molecule has 1 heterocycles. The number of hydrogen-bond donors (Lipinski definition) is 3. The van der Waals surface area contributed by atoms with Crippen LogP contribution in [0.3, 0.4) is 0 Å². The molecule has 2 atom stereocenters. The van der Waals surface area contributed by atoms with E-state index in [1.165, 1.54) is 24.3 Å². The zero-order valence-electron chi connectivity index (χ0n) is 21.8. The highest BCUT2D eigenvalue weighted by atomic mass is 19.4. The first-order valence-corrected chi connectivity index (χ1v) is 12.5. The van der Waals surface area contributed by atoms with Crippen LogP contribution in [0.2, 0.25) is 0 Å². The molecule has 39 heavy (non-hydrogen) atoms. The molecule has 1 aliphatic rings. The van der Waals surface area contributed by atoms with E-state index < -0.39 is 24.8 Å². The first-order chi connectivity index (χ1) is 18.3. The van der Waals surface area contributed by atoms with Crippen LogP contribution in [-0.2, 0) is 9.59 Å². The maximum atomic E-state index is 12.6. The van der Waals surface area contributed by atoms with Crippen molar-refractivity contribution in [2.45, 2.75) is 52.4 Å². The van der Waals surface area contributed by atoms with Crippen molar-refractivity contribution in [3.63, 3.8) is 0 Å². The highest BCUT2D eigenvalue weighted by Crippen LogP contribution is 2.46. The first kappa shape index (κ1) is 28.1. The third kappa shape index (κ3) is 7.55. The summed E-state index contributed by atoms with van der Waals surface area (Å²) in [6.45, 7) is 5.84. The van der Waals surface area contributed by atoms with Gasteiger partial charge in [0.25, 0.3) is 5.91 Å². The number of ether oxygens (including phenoxy) is 2. The number of nitrogens with one attached hydrogen (secondary N) is 2. The number of amides is 1. The fraction of sp³-hybridized carbons (Fsp3) is 0.444. The molecule has 12 heteroatoms. The lowest BCUT2D eigenvalue weighted by Gasteiger charge is -2.40. The van der Waals surface area contributed by atoms with Gasteiger partial charge in [0.2, 0.25) is 5.95 Å². The van der Waals surface area contributed by atoms with Crippen LogP contribution in [0.1, 0.15) is 46.1 Å². The largest absolute Gasteiger partial charge is 0.573 e. The van der Waals surface area contributed by atoms with Crippen LogP contribution in [0.5, 0.6) is 11.5 Å². The lowest BCUT2D eigenvalue weighted by molar-refractivity contribution is -0.274. The van der Waals surface area contributed by atoms with Crippen LogP contribution < -0.4 is 20.1 Å². The van der Waals surface area contributed by atoms with Crippen molar-refractivity contribution in [1.29, 1.82) is 0 Å². The van der Waals surface area contributed by atoms with Crippen molar-refractivity contribution in [1.82, 2.24) is 14.9 Å². The number of benzene rings is 2. The van der Waals surface area contributed by atoms with Crippen molar-refractivity contribution in [2.75, 3.05) is 18.5 Å². The second kappa shape index (κ2) is 11.0. The average Bonchev–Trinajstić information content (AvgIpc) is 3.17. The molecule has 1 unspecified atom stereocenters. The SMILES string of the molecule is C[C@H]1CC(n2c(Nc3ccc(OC(F)(F)F)cc3)nc3cc(OCC(=O)NCC(=O)O)ccc32)CC(C)(C)C1. The molecule has 2 aromatic carbocycles. The lowest BCUT2D eigenvalue weighted by Crippen LogP contribution is -2.33. The number of nitrogens with zero attached hydrogens (tertiary/aromatic N) is 2. The van der Waals surface area contributed by atoms with Crippen LogP contribution >= 0.6 is 0 Å². The van der Waals surface area contributed by atoms with Gasteiger partial charge < -0.3 is 29.8 Å². The van der Waals surface area contributed by atoms with Gasteiger partial charge in [-0.1, -0.05) is 20.8 Å². The molecular weight excluding hydrogens is 517 g/mol. The number of carboxylic acid groups (broad SMARTS) is 1. The minimum atomic E-state index is -4.77. The molecule has 0 radical (unpaired) electrons. The highest BCUT2D eigenvalue weighted by Gasteiger charge is 2.35. The van der Waals surface area contributed by atoms with Crippen molar-refractivity contribution in [3.05, 3.63) is 42.5 Å². The third-order valence-corrected chi connectivity index (χ3v) is 6.54. The molecule has 4 rings (SSSR count). The van der Waals surface area contributed by atoms with Crippen molar-refractivity contribution < 1.29 is 37.3 Å². The van der Waals surface area contributed by atoms with Gasteiger partial charge in [0.05, 0.1) is 11.0 Å². The van der Waals surface area contributed by atoms with Crippen LogP contribution in [0.15, 0.2) is 42.5 Å². The average molecular weight is 549 g/mol. The van der Waals surface area contributed by atoms with Gasteiger partial charge in [0.1, 0.15) is 18.0 Å². The van der Waals surface area contributed by atoms with Crippen LogP contribution in [0, 0.1) is 11.3 Å². The molecule has 0 spiro atoms. The summed E-state index contributed by atoms with van der Waals surface area (Å²) in [6.07, 6.45) is -1.83. The summed E-state index contributed by atoms with van der Waals surface area (Å²) in [5.41, 5.74) is 2.09. The van der Waals surface area contributed by atoms with E-state index in [2.05, 4.69) is 40.7 Å². The zero-order valence-corrected chi connectivity index (χ0v) is 21.8. The van der Waals surface area contributed by atoms with E-state index in [1.54, 1.807) is 12.1 Å². The minimum Gasteiger partial charge on any atom is -0.484 e. The Morgan fingerprint density at radius 3 is 2.46 bits per heavy atom. The molecule has 3 N–H and O–H groups in total. The summed E-state index contributed by atoms with van der Waals surface area (Å²) in [7, 11) is 0. The predicted molar refractivity (Wildman–Crippen MR) is 138 cm³/mol. The molecule has 0 saturated heterocycles. The van der Waals surface area contributed by atoms with E-state index in [-0.39, 0.29) is 23.8 Å². The van der Waals surface area contributed by atoms with Crippen LogP contribution in [0.25, 0.3) is 11.0 Å². The Labute approximate surface area is 223 Å². The van der Waals surface area contributed by atoms with Crippen molar-refractivity contribution in [3.8, 4) is 11.5 Å². The fourth-order valence-electron chi connectivity index (χ4n) is 5.36. The topological polar surface area (TPSA) is 115 Å². The number of carboxylic acids is 1.